The highest BCUT2D eigenvalue weighted by Gasteiger charge is 2.09. The van der Waals surface area contributed by atoms with Gasteiger partial charge in [0.15, 0.2) is 0 Å². The minimum absolute atomic E-state index is 0.142. The third-order valence-corrected chi connectivity index (χ3v) is 3.01. The van der Waals surface area contributed by atoms with Crippen LogP contribution in [0.4, 0.5) is 16.2 Å². The number of carbonyl (C=O) groups excluding carboxylic acids is 1. The van der Waals surface area contributed by atoms with Gasteiger partial charge in [-0.15, -0.1) is 0 Å². The van der Waals surface area contributed by atoms with Crippen molar-refractivity contribution in [2.45, 2.75) is 13.5 Å². The SMILES string of the molecule is Cc1cccc(CN(C)C(=O)Nc2ccc(N)cc2)c1. The van der Waals surface area contributed by atoms with Crippen LogP contribution >= 0.6 is 0 Å². The molecular formula is C16H19N3O. The molecule has 4 heteroatoms. The number of rotatable bonds is 3. The second kappa shape index (κ2) is 6.10. The highest BCUT2D eigenvalue weighted by Crippen LogP contribution is 2.12. The van der Waals surface area contributed by atoms with Crippen molar-refractivity contribution in [2.24, 2.45) is 0 Å². The Labute approximate surface area is 119 Å². The molecular weight excluding hydrogens is 250 g/mol. The number of amides is 2. The molecule has 0 aliphatic rings. The van der Waals surface area contributed by atoms with Gasteiger partial charge in [0, 0.05) is 25.0 Å². The van der Waals surface area contributed by atoms with Gasteiger partial charge in [-0.2, -0.15) is 0 Å². The monoisotopic (exact) mass is 269 g/mol. The number of hydrogen-bond acceptors (Lipinski definition) is 2. The molecule has 0 radical (unpaired) electrons. The number of hydrogen-bond donors (Lipinski definition) is 2. The van der Waals surface area contributed by atoms with E-state index in [0.717, 1.165) is 11.3 Å². The van der Waals surface area contributed by atoms with Gasteiger partial charge in [0.25, 0.3) is 0 Å². The molecule has 0 saturated carbocycles. The Balaban J connectivity index is 1.96. The van der Waals surface area contributed by atoms with Crippen molar-refractivity contribution in [2.75, 3.05) is 18.1 Å². The van der Waals surface area contributed by atoms with Crippen molar-refractivity contribution in [1.29, 1.82) is 0 Å². The largest absolute Gasteiger partial charge is 0.399 e. The highest BCUT2D eigenvalue weighted by atomic mass is 16.2. The molecule has 0 aliphatic carbocycles. The van der Waals surface area contributed by atoms with E-state index >= 15 is 0 Å². The van der Waals surface area contributed by atoms with Crippen LogP contribution in [0.25, 0.3) is 0 Å². The summed E-state index contributed by atoms with van der Waals surface area (Å²) in [6.45, 7) is 2.61. The Bertz CT molecular complexity index is 593. The van der Waals surface area contributed by atoms with Gasteiger partial charge >= 0.3 is 6.03 Å². The maximum Gasteiger partial charge on any atom is 0.321 e. The summed E-state index contributed by atoms with van der Waals surface area (Å²) in [6, 6.07) is 15.1. The molecule has 0 bridgehead atoms. The molecule has 20 heavy (non-hydrogen) atoms. The average Bonchev–Trinajstić information content (AvgIpc) is 2.41. The van der Waals surface area contributed by atoms with Crippen LogP contribution in [-0.2, 0) is 6.54 Å². The van der Waals surface area contributed by atoms with E-state index in [1.54, 1.807) is 36.2 Å². The van der Waals surface area contributed by atoms with E-state index in [-0.39, 0.29) is 6.03 Å². The molecule has 2 aromatic carbocycles. The Morgan fingerprint density at radius 3 is 2.55 bits per heavy atom. The zero-order valence-corrected chi connectivity index (χ0v) is 11.8. The van der Waals surface area contributed by atoms with E-state index in [0.29, 0.717) is 12.2 Å². The van der Waals surface area contributed by atoms with E-state index in [1.165, 1.54) is 5.56 Å². The summed E-state index contributed by atoms with van der Waals surface area (Å²) in [6.07, 6.45) is 0. The zero-order chi connectivity index (χ0) is 14.5. The van der Waals surface area contributed by atoms with Crippen LogP contribution in [0, 0.1) is 6.92 Å². The standard InChI is InChI=1S/C16H19N3O/c1-12-4-3-5-13(10-12)11-19(2)16(20)18-15-8-6-14(17)7-9-15/h3-10H,11,17H2,1-2H3,(H,18,20). The lowest BCUT2D eigenvalue weighted by Gasteiger charge is -2.18. The number of anilines is 2. The molecule has 104 valence electrons. The third-order valence-electron chi connectivity index (χ3n) is 3.01. The van der Waals surface area contributed by atoms with Gasteiger partial charge in [0.1, 0.15) is 0 Å². The van der Waals surface area contributed by atoms with Crippen LogP contribution in [0.2, 0.25) is 0 Å². The molecule has 4 nitrogen and oxygen atoms in total. The normalized spacial score (nSPS) is 10.1. The van der Waals surface area contributed by atoms with Gasteiger partial charge in [-0.1, -0.05) is 29.8 Å². The second-order valence-corrected chi connectivity index (χ2v) is 4.90. The Morgan fingerprint density at radius 2 is 1.90 bits per heavy atom. The lowest BCUT2D eigenvalue weighted by atomic mass is 10.1. The molecule has 0 spiro atoms. The molecule has 0 unspecified atom stereocenters. The van der Waals surface area contributed by atoms with Crippen LogP contribution in [0.5, 0.6) is 0 Å². The first-order chi connectivity index (χ1) is 9.54. The summed E-state index contributed by atoms with van der Waals surface area (Å²) < 4.78 is 0. The summed E-state index contributed by atoms with van der Waals surface area (Å²) in [5.74, 6) is 0. The summed E-state index contributed by atoms with van der Waals surface area (Å²) in [4.78, 5) is 13.7. The zero-order valence-electron chi connectivity index (χ0n) is 11.8. The summed E-state index contributed by atoms with van der Waals surface area (Å²) in [5, 5.41) is 2.84. The van der Waals surface area contributed by atoms with Gasteiger partial charge in [0.05, 0.1) is 0 Å². The minimum Gasteiger partial charge on any atom is -0.399 e. The first kappa shape index (κ1) is 13.9. The van der Waals surface area contributed by atoms with Gasteiger partial charge in [-0.3, -0.25) is 0 Å². The third kappa shape index (κ3) is 3.75. The van der Waals surface area contributed by atoms with Crippen molar-refractivity contribution in [3.63, 3.8) is 0 Å². The number of aryl methyl sites for hydroxylation is 1. The fourth-order valence-corrected chi connectivity index (χ4v) is 1.94. The predicted molar refractivity (Wildman–Crippen MR) is 82.5 cm³/mol. The average molecular weight is 269 g/mol. The molecule has 2 rings (SSSR count). The quantitative estimate of drug-likeness (QED) is 0.840. The molecule has 2 amide bonds. The summed E-state index contributed by atoms with van der Waals surface area (Å²) in [7, 11) is 1.77. The Morgan fingerprint density at radius 1 is 1.20 bits per heavy atom. The van der Waals surface area contributed by atoms with E-state index in [2.05, 4.69) is 11.4 Å². The van der Waals surface area contributed by atoms with E-state index in [1.807, 2.05) is 25.1 Å². The number of nitrogens with zero attached hydrogens (tertiary/aromatic N) is 1. The van der Waals surface area contributed by atoms with E-state index in [4.69, 9.17) is 5.73 Å². The molecule has 2 aromatic rings. The fraction of sp³-hybridized carbons (Fsp3) is 0.188. The maximum atomic E-state index is 12.1. The van der Waals surface area contributed by atoms with Crippen molar-refractivity contribution in [1.82, 2.24) is 4.90 Å². The molecule has 0 aliphatic heterocycles. The molecule has 0 aromatic heterocycles. The first-order valence-corrected chi connectivity index (χ1v) is 6.48. The van der Waals surface area contributed by atoms with Crippen molar-refractivity contribution < 1.29 is 4.79 Å². The highest BCUT2D eigenvalue weighted by molar-refractivity contribution is 5.89. The van der Waals surface area contributed by atoms with Crippen LogP contribution in [0.15, 0.2) is 48.5 Å². The number of benzene rings is 2. The fourth-order valence-electron chi connectivity index (χ4n) is 1.94. The predicted octanol–water partition coefficient (Wildman–Crippen LogP) is 3.24. The van der Waals surface area contributed by atoms with Gasteiger partial charge in [0.2, 0.25) is 0 Å². The van der Waals surface area contributed by atoms with Crippen LogP contribution in [-0.4, -0.2) is 18.0 Å². The van der Waals surface area contributed by atoms with Crippen molar-refractivity contribution in [3.8, 4) is 0 Å². The summed E-state index contributed by atoms with van der Waals surface area (Å²) in [5.41, 5.74) is 9.32. The lowest BCUT2D eigenvalue weighted by molar-refractivity contribution is 0.220. The lowest BCUT2D eigenvalue weighted by Crippen LogP contribution is -2.30. The number of carbonyl (C=O) groups is 1. The molecule has 0 heterocycles. The van der Waals surface area contributed by atoms with Crippen LogP contribution < -0.4 is 11.1 Å². The second-order valence-electron chi connectivity index (χ2n) is 4.90. The minimum atomic E-state index is -0.142. The molecule has 0 saturated heterocycles. The smallest absolute Gasteiger partial charge is 0.321 e. The van der Waals surface area contributed by atoms with Gasteiger partial charge in [-0.25, -0.2) is 4.79 Å². The van der Waals surface area contributed by atoms with Crippen molar-refractivity contribution in [3.05, 3.63) is 59.7 Å². The molecule has 0 atom stereocenters. The van der Waals surface area contributed by atoms with Gasteiger partial charge in [-0.05, 0) is 36.8 Å². The van der Waals surface area contributed by atoms with Crippen LogP contribution in [0.3, 0.4) is 0 Å². The maximum absolute atomic E-state index is 12.1. The number of nitrogens with one attached hydrogen (secondary N) is 1. The topological polar surface area (TPSA) is 58.4 Å². The van der Waals surface area contributed by atoms with E-state index < -0.39 is 0 Å². The molecule has 0 fully saturated rings. The number of urea groups is 1. The Kier molecular flexibility index (Phi) is 4.25. The number of nitrogen functional groups attached to an aromatic ring is 1. The van der Waals surface area contributed by atoms with Gasteiger partial charge < -0.3 is 16.0 Å². The first-order valence-electron chi connectivity index (χ1n) is 6.48. The Hall–Kier alpha value is -2.49. The van der Waals surface area contributed by atoms with Crippen LogP contribution in [0.1, 0.15) is 11.1 Å². The van der Waals surface area contributed by atoms with E-state index in [9.17, 15) is 4.79 Å². The number of nitrogens with two attached hydrogens (primary N) is 1. The summed E-state index contributed by atoms with van der Waals surface area (Å²) >= 11 is 0. The molecule has 3 N–H and O–H groups in total. The van der Waals surface area contributed by atoms with Crippen molar-refractivity contribution >= 4 is 17.4 Å².